The quantitative estimate of drug-likeness (QED) is 0.843. The molecule has 0 atom stereocenters. The largest absolute Gasteiger partial charge is 0.379 e. The second kappa shape index (κ2) is 7.34. The number of rotatable bonds is 5. The fourth-order valence-electron chi connectivity index (χ4n) is 2.77. The van der Waals surface area contributed by atoms with Gasteiger partial charge in [0.2, 0.25) is 0 Å². The van der Waals surface area contributed by atoms with E-state index in [1.54, 1.807) is 0 Å². The highest BCUT2D eigenvalue weighted by Crippen LogP contribution is 2.19. The van der Waals surface area contributed by atoms with Gasteiger partial charge in [0, 0.05) is 25.5 Å². The van der Waals surface area contributed by atoms with Crippen molar-refractivity contribution in [3.8, 4) is 11.1 Å². The summed E-state index contributed by atoms with van der Waals surface area (Å²) in [6.45, 7) is 5.10. The summed E-state index contributed by atoms with van der Waals surface area (Å²) in [4.78, 5) is 6.69. The van der Waals surface area contributed by atoms with Crippen molar-refractivity contribution in [2.24, 2.45) is 0 Å². The van der Waals surface area contributed by atoms with Gasteiger partial charge in [-0.1, -0.05) is 30.3 Å². The Balaban J connectivity index is 1.56. The smallest absolute Gasteiger partial charge is 0.0594 e. The molecular weight excluding hydrogens is 260 g/mol. The van der Waals surface area contributed by atoms with E-state index in [1.807, 2.05) is 18.5 Å². The van der Waals surface area contributed by atoms with Gasteiger partial charge in [0.1, 0.15) is 0 Å². The second-order valence-corrected chi connectivity index (χ2v) is 5.50. The second-order valence-electron chi connectivity index (χ2n) is 5.50. The van der Waals surface area contributed by atoms with Crippen LogP contribution in [0.2, 0.25) is 0 Å². The van der Waals surface area contributed by atoms with Gasteiger partial charge in [-0.15, -0.1) is 0 Å². The SMILES string of the molecule is c1cncc(-c2cccc(CCCN3CCOCC3)c2)c1. The van der Waals surface area contributed by atoms with E-state index in [4.69, 9.17) is 4.74 Å². The van der Waals surface area contributed by atoms with E-state index in [0.717, 1.165) is 32.7 Å². The molecule has 1 aliphatic rings. The van der Waals surface area contributed by atoms with Gasteiger partial charge in [-0.2, -0.15) is 0 Å². The van der Waals surface area contributed by atoms with Crippen LogP contribution in [0.25, 0.3) is 11.1 Å². The van der Waals surface area contributed by atoms with E-state index in [2.05, 4.69) is 40.2 Å². The summed E-state index contributed by atoms with van der Waals surface area (Å²) in [5, 5.41) is 0. The first kappa shape index (κ1) is 14.2. The first-order valence-corrected chi connectivity index (χ1v) is 7.71. The summed E-state index contributed by atoms with van der Waals surface area (Å²) < 4.78 is 5.38. The van der Waals surface area contributed by atoms with Crippen molar-refractivity contribution in [3.63, 3.8) is 0 Å². The number of benzene rings is 1. The number of nitrogens with zero attached hydrogens (tertiary/aromatic N) is 2. The molecule has 1 aromatic heterocycles. The first-order valence-electron chi connectivity index (χ1n) is 7.71. The zero-order valence-corrected chi connectivity index (χ0v) is 12.4. The van der Waals surface area contributed by atoms with Gasteiger partial charge in [0.25, 0.3) is 0 Å². The lowest BCUT2D eigenvalue weighted by Gasteiger charge is -2.26. The molecule has 1 aliphatic heterocycles. The van der Waals surface area contributed by atoms with Crippen molar-refractivity contribution in [3.05, 3.63) is 54.4 Å². The van der Waals surface area contributed by atoms with Crippen LogP contribution in [0, 0.1) is 0 Å². The third-order valence-corrected chi connectivity index (χ3v) is 3.97. The van der Waals surface area contributed by atoms with Crippen LogP contribution in [0.4, 0.5) is 0 Å². The van der Waals surface area contributed by atoms with Gasteiger partial charge in [-0.3, -0.25) is 9.88 Å². The third kappa shape index (κ3) is 4.13. The molecule has 0 aliphatic carbocycles. The van der Waals surface area contributed by atoms with E-state index < -0.39 is 0 Å². The third-order valence-electron chi connectivity index (χ3n) is 3.97. The van der Waals surface area contributed by atoms with Gasteiger partial charge in [0.15, 0.2) is 0 Å². The maximum atomic E-state index is 5.38. The Morgan fingerprint density at radius 3 is 2.71 bits per heavy atom. The average Bonchev–Trinajstić information content (AvgIpc) is 2.57. The van der Waals surface area contributed by atoms with E-state index in [-0.39, 0.29) is 0 Å². The van der Waals surface area contributed by atoms with E-state index in [9.17, 15) is 0 Å². The minimum Gasteiger partial charge on any atom is -0.379 e. The molecule has 2 aromatic rings. The van der Waals surface area contributed by atoms with Crippen molar-refractivity contribution in [2.75, 3.05) is 32.8 Å². The fourth-order valence-corrected chi connectivity index (χ4v) is 2.77. The number of hydrogen-bond acceptors (Lipinski definition) is 3. The standard InChI is InChI=1S/C18H22N2O/c1-4-16(5-3-9-20-10-12-21-13-11-20)14-17(6-1)18-7-2-8-19-15-18/h1-2,4,6-8,14-15H,3,5,9-13H2. The van der Waals surface area contributed by atoms with Crippen LogP contribution in [-0.2, 0) is 11.2 Å². The molecule has 0 amide bonds. The van der Waals surface area contributed by atoms with Crippen LogP contribution >= 0.6 is 0 Å². The molecule has 0 saturated carbocycles. The molecule has 0 N–H and O–H groups in total. The topological polar surface area (TPSA) is 25.4 Å². The average molecular weight is 282 g/mol. The molecule has 0 radical (unpaired) electrons. The van der Waals surface area contributed by atoms with Crippen LogP contribution < -0.4 is 0 Å². The zero-order chi connectivity index (χ0) is 14.3. The van der Waals surface area contributed by atoms with Crippen molar-refractivity contribution >= 4 is 0 Å². The number of ether oxygens (including phenoxy) is 1. The minimum absolute atomic E-state index is 0.885. The summed E-state index contributed by atoms with van der Waals surface area (Å²) in [7, 11) is 0. The Kier molecular flexibility index (Phi) is 4.98. The number of morpholine rings is 1. The van der Waals surface area contributed by atoms with Crippen LogP contribution in [0.15, 0.2) is 48.8 Å². The summed E-state index contributed by atoms with van der Waals surface area (Å²) in [5.74, 6) is 0. The molecule has 1 saturated heterocycles. The van der Waals surface area contributed by atoms with Crippen LogP contribution in [0.3, 0.4) is 0 Å². The Hall–Kier alpha value is -1.71. The Bertz CT molecular complexity index is 550. The summed E-state index contributed by atoms with van der Waals surface area (Å²) in [5.41, 5.74) is 3.85. The van der Waals surface area contributed by atoms with E-state index in [1.165, 1.54) is 29.7 Å². The van der Waals surface area contributed by atoms with Crippen LogP contribution in [-0.4, -0.2) is 42.7 Å². The predicted octanol–water partition coefficient (Wildman–Crippen LogP) is 3.01. The van der Waals surface area contributed by atoms with E-state index >= 15 is 0 Å². The maximum Gasteiger partial charge on any atom is 0.0594 e. The summed E-state index contributed by atoms with van der Waals surface area (Å²) in [6.07, 6.45) is 6.07. The monoisotopic (exact) mass is 282 g/mol. The number of aromatic nitrogens is 1. The summed E-state index contributed by atoms with van der Waals surface area (Å²) >= 11 is 0. The van der Waals surface area contributed by atoms with Crippen molar-refractivity contribution < 1.29 is 4.74 Å². The minimum atomic E-state index is 0.885. The molecule has 1 fully saturated rings. The van der Waals surface area contributed by atoms with Crippen molar-refractivity contribution in [1.82, 2.24) is 9.88 Å². The molecular formula is C18H22N2O. The maximum absolute atomic E-state index is 5.38. The van der Waals surface area contributed by atoms with Crippen LogP contribution in [0.1, 0.15) is 12.0 Å². The normalized spacial score (nSPS) is 16.0. The highest BCUT2D eigenvalue weighted by Gasteiger charge is 2.09. The molecule has 1 aromatic carbocycles. The zero-order valence-electron chi connectivity index (χ0n) is 12.4. The van der Waals surface area contributed by atoms with Gasteiger partial charge in [0.05, 0.1) is 13.2 Å². The fraction of sp³-hybridized carbons (Fsp3) is 0.389. The number of aryl methyl sites for hydroxylation is 1. The molecule has 3 nitrogen and oxygen atoms in total. The lowest BCUT2D eigenvalue weighted by molar-refractivity contribution is 0.0375. The molecule has 3 heteroatoms. The number of hydrogen-bond donors (Lipinski definition) is 0. The predicted molar refractivity (Wildman–Crippen MR) is 85.3 cm³/mol. The van der Waals surface area contributed by atoms with Gasteiger partial charge >= 0.3 is 0 Å². The Morgan fingerprint density at radius 2 is 1.90 bits per heavy atom. The molecule has 3 rings (SSSR count). The van der Waals surface area contributed by atoms with Crippen LogP contribution in [0.5, 0.6) is 0 Å². The molecule has 0 unspecified atom stereocenters. The molecule has 2 heterocycles. The lowest BCUT2D eigenvalue weighted by atomic mass is 10.0. The highest BCUT2D eigenvalue weighted by atomic mass is 16.5. The molecule has 0 spiro atoms. The van der Waals surface area contributed by atoms with E-state index in [0.29, 0.717) is 0 Å². The lowest BCUT2D eigenvalue weighted by Crippen LogP contribution is -2.36. The Morgan fingerprint density at radius 1 is 1.05 bits per heavy atom. The van der Waals surface area contributed by atoms with Gasteiger partial charge in [-0.05, 0) is 42.1 Å². The van der Waals surface area contributed by atoms with Crippen molar-refractivity contribution in [1.29, 1.82) is 0 Å². The Labute approximate surface area is 126 Å². The summed E-state index contributed by atoms with van der Waals surface area (Å²) in [6, 6.07) is 12.9. The van der Waals surface area contributed by atoms with Gasteiger partial charge < -0.3 is 4.74 Å². The first-order chi connectivity index (χ1) is 10.4. The molecule has 21 heavy (non-hydrogen) atoms. The molecule has 0 bridgehead atoms. The molecule has 110 valence electrons. The van der Waals surface area contributed by atoms with Gasteiger partial charge in [-0.25, -0.2) is 0 Å². The number of pyridine rings is 1. The van der Waals surface area contributed by atoms with Crippen molar-refractivity contribution in [2.45, 2.75) is 12.8 Å². The highest BCUT2D eigenvalue weighted by molar-refractivity contribution is 5.62.